The molecule has 0 spiro atoms. The molecule has 0 saturated heterocycles. The van der Waals surface area contributed by atoms with E-state index >= 15 is 0 Å². The molecule has 34 heavy (non-hydrogen) atoms. The second-order valence-corrected chi connectivity index (χ2v) is 9.44. The Bertz CT molecular complexity index is 1420. The average Bonchev–Trinajstić information content (AvgIpc) is 3.22. The van der Waals surface area contributed by atoms with Crippen molar-refractivity contribution in [1.29, 1.82) is 0 Å². The van der Waals surface area contributed by atoms with Crippen LogP contribution in [0.15, 0.2) is 46.1 Å². The molecule has 4 rings (SSSR count). The van der Waals surface area contributed by atoms with Crippen molar-refractivity contribution in [3.63, 3.8) is 0 Å². The van der Waals surface area contributed by atoms with Gasteiger partial charge in [-0.15, -0.1) is 0 Å². The summed E-state index contributed by atoms with van der Waals surface area (Å²) in [6, 6.07) is 5.63. The fraction of sp³-hybridized carbons (Fsp3) is 0.320. The Hall–Kier alpha value is -3.33. The third-order valence-corrected chi connectivity index (χ3v) is 6.24. The highest BCUT2D eigenvalue weighted by Crippen LogP contribution is 2.28. The van der Waals surface area contributed by atoms with Gasteiger partial charge in [-0.05, 0) is 60.0 Å². The standard InChI is InChI=1S/C25H27BrN6O2/c1-14(2)24-28-12-16(4)23(29-24)19-10-20(15(3)11-27-19)32-17(5)9-21(22(26)25(32)33)34-13-18-7-8-31(6)30-18/h7-12,14H,13H2,1-6H3. The molecule has 0 radical (unpaired) electrons. The lowest BCUT2D eigenvalue weighted by molar-refractivity contribution is 0.296. The van der Waals surface area contributed by atoms with Crippen molar-refractivity contribution < 1.29 is 4.74 Å². The first-order valence-corrected chi connectivity index (χ1v) is 11.8. The number of aryl methyl sites for hydroxylation is 4. The van der Waals surface area contributed by atoms with E-state index in [0.717, 1.165) is 39.7 Å². The summed E-state index contributed by atoms with van der Waals surface area (Å²) in [4.78, 5) is 27.2. The minimum Gasteiger partial charge on any atom is -0.486 e. The quantitative estimate of drug-likeness (QED) is 0.361. The maximum absolute atomic E-state index is 13.4. The van der Waals surface area contributed by atoms with Crippen LogP contribution < -0.4 is 10.3 Å². The molecule has 176 valence electrons. The second-order valence-electron chi connectivity index (χ2n) is 8.64. The molecule has 4 aromatic heterocycles. The van der Waals surface area contributed by atoms with Crippen LogP contribution in [-0.2, 0) is 13.7 Å². The van der Waals surface area contributed by atoms with Gasteiger partial charge in [0.05, 0.1) is 22.8 Å². The summed E-state index contributed by atoms with van der Waals surface area (Å²) in [7, 11) is 1.85. The SMILES string of the molecule is Cc1cnc(-c2nc(C(C)C)ncc2C)cc1-n1c(C)cc(OCc2ccn(C)n2)c(Br)c1=O. The van der Waals surface area contributed by atoms with E-state index in [1.165, 1.54) is 0 Å². The van der Waals surface area contributed by atoms with Gasteiger partial charge in [0.15, 0.2) is 0 Å². The Morgan fingerprint density at radius 3 is 2.50 bits per heavy atom. The topological polar surface area (TPSA) is 87.7 Å². The van der Waals surface area contributed by atoms with Gasteiger partial charge in [-0.1, -0.05) is 13.8 Å². The molecule has 0 saturated carbocycles. The summed E-state index contributed by atoms with van der Waals surface area (Å²) >= 11 is 3.45. The van der Waals surface area contributed by atoms with Crippen LogP contribution >= 0.6 is 15.9 Å². The largest absolute Gasteiger partial charge is 0.486 e. The first kappa shape index (κ1) is 23.8. The molecule has 4 aromatic rings. The maximum Gasteiger partial charge on any atom is 0.273 e. The highest BCUT2D eigenvalue weighted by molar-refractivity contribution is 9.10. The molecule has 0 fully saturated rings. The lowest BCUT2D eigenvalue weighted by atomic mass is 10.1. The Morgan fingerprint density at radius 1 is 1.09 bits per heavy atom. The Morgan fingerprint density at radius 2 is 1.82 bits per heavy atom. The number of halogens is 1. The predicted molar refractivity (Wildman–Crippen MR) is 134 cm³/mol. The predicted octanol–water partition coefficient (Wildman–Crippen LogP) is 4.81. The molecule has 0 aromatic carbocycles. The molecule has 0 unspecified atom stereocenters. The lowest BCUT2D eigenvalue weighted by Gasteiger charge is -2.17. The van der Waals surface area contributed by atoms with Crippen molar-refractivity contribution in [2.24, 2.45) is 7.05 Å². The van der Waals surface area contributed by atoms with E-state index in [4.69, 9.17) is 9.72 Å². The van der Waals surface area contributed by atoms with Crippen molar-refractivity contribution in [1.82, 2.24) is 29.3 Å². The molecule has 0 N–H and O–H groups in total. The zero-order valence-electron chi connectivity index (χ0n) is 20.1. The summed E-state index contributed by atoms with van der Waals surface area (Å²) < 4.78 is 9.63. The molecule has 9 heteroatoms. The number of nitrogens with zero attached hydrogens (tertiary/aromatic N) is 6. The van der Waals surface area contributed by atoms with Crippen LogP contribution in [0.2, 0.25) is 0 Å². The normalized spacial score (nSPS) is 11.3. The highest BCUT2D eigenvalue weighted by Gasteiger charge is 2.18. The maximum atomic E-state index is 13.4. The van der Waals surface area contributed by atoms with Gasteiger partial charge in [0, 0.05) is 43.3 Å². The Kier molecular flexibility index (Phi) is 6.65. The smallest absolute Gasteiger partial charge is 0.273 e. The fourth-order valence-corrected chi connectivity index (χ4v) is 4.06. The molecular formula is C25H27BrN6O2. The summed E-state index contributed by atoms with van der Waals surface area (Å²) in [5.74, 6) is 1.43. The fourth-order valence-electron chi connectivity index (χ4n) is 3.65. The van der Waals surface area contributed by atoms with E-state index < -0.39 is 0 Å². The molecule has 0 atom stereocenters. The van der Waals surface area contributed by atoms with E-state index in [9.17, 15) is 4.79 Å². The third kappa shape index (κ3) is 4.65. The van der Waals surface area contributed by atoms with Crippen LogP contribution in [-0.4, -0.2) is 29.3 Å². The molecular weight excluding hydrogens is 496 g/mol. The Balaban J connectivity index is 1.76. The van der Waals surface area contributed by atoms with Crippen molar-refractivity contribution in [2.45, 2.75) is 47.1 Å². The van der Waals surface area contributed by atoms with Crippen LogP contribution in [0.5, 0.6) is 5.75 Å². The van der Waals surface area contributed by atoms with Crippen LogP contribution in [0.1, 0.15) is 48.1 Å². The van der Waals surface area contributed by atoms with Gasteiger partial charge in [-0.2, -0.15) is 5.10 Å². The molecule has 0 aliphatic rings. The van der Waals surface area contributed by atoms with Gasteiger partial charge in [0.1, 0.15) is 22.7 Å². The van der Waals surface area contributed by atoms with Crippen LogP contribution in [0, 0.1) is 20.8 Å². The van der Waals surface area contributed by atoms with Crippen LogP contribution in [0.3, 0.4) is 0 Å². The van der Waals surface area contributed by atoms with Gasteiger partial charge in [0.2, 0.25) is 0 Å². The average molecular weight is 523 g/mol. The van der Waals surface area contributed by atoms with Crippen molar-refractivity contribution in [2.75, 3.05) is 0 Å². The summed E-state index contributed by atoms with van der Waals surface area (Å²) in [6.07, 6.45) is 5.44. The number of rotatable bonds is 6. The van der Waals surface area contributed by atoms with Gasteiger partial charge < -0.3 is 4.74 Å². The first-order valence-electron chi connectivity index (χ1n) is 11.0. The van der Waals surface area contributed by atoms with Gasteiger partial charge >= 0.3 is 0 Å². The third-order valence-electron chi connectivity index (χ3n) is 5.51. The van der Waals surface area contributed by atoms with Crippen LogP contribution in [0.4, 0.5) is 0 Å². The monoisotopic (exact) mass is 522 g/mol. The highest BCUT2D eigenvalue weighted by atomic mass is 79.9. The van der Waals surface area contributed by atoms with Gasteiger partial charge in [-0.25, -0.2) is 9.97 Å². The number of pyridine rings is 2. The van der Waals surface area contributed by atoms with Gasteiger partial charge in [-0.3, -0.25) is 19.0 Å². The molecule has 0 aliphatic heterocycles. The zero-order valence-corrected chi connectivity index (χ0v) is 21.7. The lowest BCUT2D eigenvalue weighted by Crippen LogP contribution is -2.23. The first-order chi connectivity index (χ1) is 16.2. The van der Waals surface area contributed by atoms with E-state index in [1.54, 1.807) is 15.4 Å². The minimum atomic E-state index is -0.210. The van der Waals surface area contributed by atoms with E-state index in [-0.39, 0.29) is 18.1 Å². The van der Waals surface area contributed by atoms with E-state index in [0.29, 0.717) is 15.9 Å². The number of hydrogen-bond acceptors (Lipinski definition) is 6. The summed E-state index contributed by atoms with van der Waals surface area (Å²) in [6.45, 7) is 10.2. The van der Waals surface area contributed by atoms with Crippen molar-refractivity contribution in [3.8, 4) is 22.8 Å². The van der Waals surface area contributed by atoms with Gasteiger partial charge in [0.25, 0.3) is 5.56 Å². The summed E-state index contributed by atoms with van der Waals surface area (Å²) in [5, 5.41) is 4.32. The van der Waals surface area contributed by atoms with Crippen molar-refractivity contribution in [3.05, 3.63) is 80.0 Å². The Labute approximate surface area is 206 Å². The molecule has 0 amide bonds. The minimum absolute atomic E-state index is 0.198. The second kappa shape index (κ2) is 9.50. The number of hydrogen-bond donors (Lipinski definition) is 0. The molecule has 0 bridgehead atoms. The molecule has 0 aliphatic carbocycles. The van der Waals surface area contributed by atoms with Crippen LogP contribution in [0.25, 0.3) is 17.1 Å². The number of ether oxygens (including phenoxy) is 1. The molecule has 4 heterocycles. The summed E-state index contributed by atoms with van der Waals surface area (Å²) in [5.41, 5.74) is 5.32. The zero-order chi connectivity index (χ0) is 24.6. The molecule has 8 nitrogen and oxygen atoms in total. The van der Waals surface area contributed by atoms with E-state index in [1.807, 2.05) is 58.4 Å². The number of aromatic nitrogens is 6. The van der Waals surface area contributed by atoms with Crippen molar-refractivity contribution >= 4 is 15.9 Å². The van der Waals surface area contributed by atoms with E-state index in [2.05, 4.69) is 44.8 Å².